The Balaban J connectivity index is 1.94. The largest absolute Gasteiger partial charge is 0.507 e. The summed E-state index contributed by atoms with van der Waals surface area (Å²) < 4.78 is 15.9. The highest BCUT2D eigenvalue weighted by molar-refractivity contribution is 6.51. The predicted octanol–water partition coefficient (Wildman–Crippen LogP) is 3.73. The SMILES string of the molecule is COc1ccc(/C(O)=C2\C(=O)C(=O)N(c3ccccn3)[C@@H]2c2ccc(OC)c(OC)c2)cc1. The van der Waals surface area contributed by atoms with Gasteiger partial charge in [0, 0.05) is 11.8 Å². The average molecular weight is 446 g/mol. The quantitative estimate of drug-likeness (QED) is 0.350. The fourth-order valence-electron chi connectivity index (χ4n) is 3.81. The van der Waals surface area contributed by atoms with Crippen LogP contribution in [0.1, 0.15) is 17.2 Å². The number of anilines is 1. The lowest BCUT2D eigenvalue weighted by Gasteiger charge is -2.25. The zero-order valence-electron chi connectivity index (χ0n) is 18.3. The van der Waals surface area contributed by atoms with Crippen LogP contribution in [-0.4, -0.2) is 43.1 Å². The molecule has 0 radical (unpaired) electrons. The summed E-state index contributed by atoms with van der Waals surface area (Å²) in [5.41, 5.74) is 0.871. The van der Waals surface area contributed by atoms with Gasteiger partial charge in [0.1, 0.15) is 17.3 Å². The van der Waals surface area contributed by atoms with Crippen molar-refractivity contribution in [1.82, 2.24) is 4.98 Å². The summed E-state index contributed by atoms with van der Waals surface area (Å²) in [5.74, 6) is -0.103. The van der Waals surface area contributed by atoms with E-state index in [4.69, 9.17) is 14.2 Å². The highest BCUT2D eigenvalue weighted by Gasteiger charge is 2.47. The van der Waals surface area contributed by atoms with E-state index in [1.165, 1.54) is 32.4 Å². The van der Waals surface area contributed by atoms with Crippen LogP contribution in [-0.2, 0) is 9.59 Å². The Morgan fingerprint density at radius 1 is 0.909 bits per heavy atom. The van der Waals surface area contributed by atoms with E-state index in [0.717, 1.165) is 0 Å². The van der Waals surface area contributed by atoms with Crippen LogP contribution in [0.25, 0.3) is 5.76 Å². The number of carbonyl (C=O) groups excluding carboxylic acids is 2. The second kappa shape index (κ2) is 9.04. The lowest BCUT2D eigenvalue weighted by atomic mass is 9.95. The summed E-state index contributed by atoms with van der Waals surface area (Å²) in [6, 6.07) is 15.8. The first-order valence-electron chi connectivity index (χ1n) is 10.1. The Morgan fingerprint density at radius 3 is 2.24 bits per heavy atom. The van der Waals surface area contributed by atoms with Crippen LogP contribution in [0.4, 0.5) is 5.82 Å². The van der Waals surface area contributed by atoms with E-state index < -0.39 is 17.7 Å². The topological polar surface area (TPSA) is 98.2 Å². The van der Waals surface area contributed by atoms with Gasteiger partial charge in [-0.1, -0.05) is 12.1 Å². The molecule has 4 rings (SSSR count). The van der Waals surface area contributed by atoms with Gasteiger partial charge in [-0.2, -0.15) is 0 Å². The molecule has 0 saturated carbocycles. The fourth-order valence-corrected chi connectivity index (χ4v) is 3.81. The number of benzene rings is 2. The molecule has 8 heteroatoms. The molecule has 0 aliphatic carbocycles. The minimum absolute atomic E-state index is 0.0527. The highest BCUT2D eigenvalue weighted by atomic mass is 16.5. The van der Waals surface area contributed by atoms with E-state index in [0.29, 0.717) is 28.4 Å². The van der Waals surface area contributed by atoms with Gasteiger partial charge in [0.05, 0.1) is 32.9 Å². The molecule has 2 aromatic carbocycles. The number of rotatable bonds is 6. The van der Waals surface area contributed by atoms with E-state index in [9.17, 15) is 14.7 Å². The molecule has 0 bridgehead atoms. The number of amides is 1. The van der Waals surface area contributed by atoms with Gasteiger partial charge < -0.3 is 19.3 Å². The van der Waals surface area contributed by atoms with Gasteiger partial charge >= 0.3 is 5.91 Å². The third kappa shape index (κ3) is 3.87. The molecule has 1 N–H and O–H groups in total. The number of aromatic nitrogens is 1. The number of aliphatic hydroxyl groups is 1. The second-order valence-electron chi connectivity index (χ2n) is 7.20. The molecule has 1 atom stereocenters. The molecular weight excluding hydrogens is 424 g/mol. The number of carbonyl (C=O) groups is 2. The maximum atomic E-state index is 13.2. The molecule has 0 spiro atoms. The number of hydrogen-bond donors (Lipinski definition) is 1. The van der Waals surface area contributed by atoms with Crippen LogP contribution in [0.2, 0.25) is 0 Å². The Bertz CT molecular complexity index is 1220. The third-order valence-electron chi connectivity index (χ3n) is 5.43. The molecule has 1 saturated heterocycles. The van der Waals surface area contributed by atoms with E-state index in [1.54, 1.807) is 60.7 Å². The minimum Gasteiger partial charge on any atom is -0.507 e. The van der Waals surface area contributed by atoms with E-state index in [1.807, 2.05) is 0 Å². The zero-order valence-corrected chi connectivity index (χ0v) is 18.3. The molecule has 1 aliphatic rings. The number of nitrogens with zero attached hydrogens (tertiary/aromatic N) is 2. The van der Waals surface area contributed by atoms with Gasteiger partial charge in [0.2, 0.25) is 0 Å². The van der Waals surface area contributed by atoms with E-state index >= 15 is 0 Å². The number of ketones is 1. The van der Waals surface area contributed by atoms with Crippen molar-refractivity contribution in [2.45, 2.75) is 6.04 Å². The summed E-state index contributed by atoms with van der Waals surface area (Å²) in [4.78, 5) is 31.8. The number of methoxy groups -OCH3 is 3. The zero-order chi connectivity index (χ0) is 23.5. The van der Waals surface area contributed by atoms with E-state index in [-0.39, 0.29) is 17.2 Å². The first-order chi connectivity index (χ1) is 16.0. The van der Waals surface area contributed by atoms with Gasteiger partial charge in [0.25, 0.3) is 5.78 Å². The molecule has 0 unspecified atom stereocenters. The minimum atomic E-state index is -0.929. The first-order valence-corrected chi connectivity index (χ1v) is 10.1. The molecular formula is C25H22N2O6. The van der Waals surface area contributed by atoms with Crippen molar-refractivity contribution < 1.29 is 28.9 Å². The molecule has 8 nitrogen and oxygen atoms in total. The Morgan fingerprint density at radius 2 is 1.64 bits per heavy atom. The number of pyridine rings is 1. The highest BCUT2D eigenvalue weighted by Crippen LogP contribution is 2.43. The van der Waals surface area contributed by atoms with Crippen molar-refractivity contribution in [1.29, 1.82) is 0 Å². The molecule has 1 aromatic heterocycles. The van der Waals surface area contributed by atoms with Crippen LogP contribution >= 0.6 is 0 Å². The molecule has 3 aromatic rings. The molecule has 168 valence electrons. The van der Waals surface area contributed by atoms with Gasteiger partial charge in [-0.25, -0.2) is 4.98 Å². The van der Waals surface area contributed by atoms with Gasteiger partial charge in [-0.15, -0.1) is 0 Å². The number of hydrogen-bond acceptors (Lipinski definition) is 7. The maximum absolute atomic E-state index is 13.2. The average Bonchev–Trinajstić information content (AvgIpc) is 3.13. The molecule has 1 aliphatic heterocycles. The summed E-state index contributed by atoms with van der Waals surface area (Å²) >= 11 is 0. The van der Waals surface area contributed by atoms with Gasteiger partial charge in [-0.3, -0.25) is 14.5 Å². The standard InChI is InChI=1S/C25H22N2O6/c1-31-17-10-7-15(8-11-17)23(28)21-22(16-9-12-18(32-2)19(14-16)33-3)27(25(30)24(21)29)20-6-4-5-13-26-20/h4-14,22,28H,1-3H3/b23-21+/t22-/m1/s1. The third-order valence-corrected chi connectivity index (χ3v) is 5.43. The molecule has 1 fully saturated rings. The van der Waals surface area contributed by atoms with Crippen LogP contribution in [0.15, 0.2) is 72.4 Å². The van der Waals surface area contributed by atoms with Gasteiger partial charge in [0.15, 0.2) is 11.5 Å². The summed E-state index contributed by atoms with van der Waals surface area (Å²) in [6.45, 7) is 0. The fraction of sp³-hybridized carbons (Fsp3) is 0.160. The van der Waals surface area contributed by atoms with Crippen molar-refractivity contribution in [3.8, 4) is 17.2 Å². The number of Topliss-reactive ketones (excluding diaryl/α,β-unsaturated/α-hetero) is 1. The summed E-state index contributed by atoms with van der Waals surface area (Å²) in [7, 11) is 4.54. The van der Waals surface area contributed by atoms with Crippen molar-refractivity contribution in [3.63, 3.8) is 0 Å². The second-order valence-corrected chi connectivity index (χ2v) is 7.20. The Labute approximate surface area is 190 Å². The number of aliphatic hydroxyl groups excluding tert-OH is 1. The van der Waals surface area contributed by atoms with Crippen molar-refractivity contribution in [3.05, 3.63) is 83.6 Å². The Kier molecular flexibility index (Phi) is 5.99. The predicted molar refractivity (Wildman–Crippen MR) is 122 cm³/mol. The van der Waals surface area contributed by atoms with Crippen LogP contribution in [0.3, 0.4) is 0 Å². The van der Waals surface area contributed by atoms with Crippen molar-refractivity contribution in [2.75, 3.05) is 26.2 Å². The van der Waals surface area contributed by atoms with Crippen molar-refractivity contribution in [2.24, 2.45) is 0 Å². The molecule has 33 heavy (non-hydrogen) atoms. The van der Waals surface area contributed by atoms with Crippen molar-refractivity contribution >= 4 is 23.3 Å². The van der Waals surface area contributed by atoms with Gasteiger partial charge in [-0.05, 0) is 54.1 Å². The first kappa shape index (κ1) is 21.9. The Hall–Kier alpha value is -4.33. The molecule has 2 heterocycles. The van der Waals surface area contributed by atoms with Crippen LogP contribution in [0.5, 0.6) is 17.2 Å². The summed E-state index contributed by atoms with van der Waals surface area (Å²) in [5, 5.41) is 11.2. The lowest BCUT2D eigenvalue weighted by molar-refractivity contribution is -0.132. The van der Waals surface area contributed by atoms with Crippen LogP contribution in [0, 0.1) is 0 Å². The molecule has 1 amide bonds. The normalized spacial score (nSPS) is 17.2. The maximum Gasteiger partial charge on any atom is 0.301 e. The van der Waals surface area contributed by atoms with Crippen LogP contribution < -0.4 is 19.1 Å². The van der Waals surface area contributed by atoms with E-state index in [2.05, 4.69) is 4.98 Å². The smallest absolute Gasteiger partial charge is 0.301 e. The summed E-state index contributed by atoms with van der Waals surface area (Å²) in [6.07, 6.45) is 1.53. The monoisotopic (exact) mass is 446 g/mol. The number of ether oxygens (including phenoxy) is 3. The lowest BCUT2D eigenvalue weighted by Crippen LogP contribution is -2.30.